The zero-order valence-electron chi connectivity index (χ0n) is 17.4. The van der Waals surface area contributed by atoms with Crippen LogP contribution in [0.2, 0.25) is 0 Å². The highest BCUT2D eigenvalue weighted by molar-refractivity contribution is 6.09. The largest absolute Gasteiger partial charge is 0.385 e. The fourth-order valence-electron chi connectivity index (χ4n) is 3.33. The summed E-state index contributed by atoms with van der Waals surface area (Å²) in [4.78, 5) is 27.7. The Morgan fingerprint density at radius 2 is 1.87 bits per heavy atom. The minimum Gasteiger partial charge on any atom is -0.385 e. The molecule has 7 nitrogen and oxygen atoms in total. The van der Waals surface area contributed by atoms with E-state index in [4.69, 9.17) is 9.47 Å². The van der Waals surface area contributed by atoms with E-state index in [0.29, 0.717) is 30.0 Å². The number of amides is 2. The Morgan fingerprint density at radius 3 is 2.67 bits per heavy atom. The van der Waals surface area contributed by atoms with E-state index in [1.807, 2.05) is 18.2 Å². The molecule has 1 aliphatic heterocycles. The Hall–Kier alpha value is -2.74. The number of anilines is 1. The summed E-state index contributed by atoms with van der Waals surface area (Å²) >= 11 is 0. The van der Waals surface area contributed by atoms with Crippen molar-refractivity contribution in [1.29, 1.82) is 0 Å². The third-order valence-electron chi connectivity index (χ3n) is 4.93. The molecule has 0 aromatic heterocycles. The highest BCUT2D eigenvalue weighted by Crippen LogP contribution is 2.17. The highest BCUT2D eigenvalue weighted by Gasteiger charge is 2.15. The van der Waals surface area contributed by atoms with Gasteiger partial charge in [-0.15, -0.1) is 0 Å². The minimum absolute atomic E-state index is 0.219. The van der Waals surface area contributed by atoms with Crippen molar-refractivity contribution in [2.45, 2.75) is 13.0 Å². The predicted molar refractivity (Wildman–Crippen MR) is 116 cm³/mol. The molecule has 0 aliphatic carbocycles. The van der Waals surface area contributed by atoms with Gasteiger partial charge in [-0.2, -0.15) is 0 Å². The Kier molecular flexibility index (Phi) is 8.38. The molecular formula is C23H29N3O4. The molecule has 7 heteroatoms. The molecule has 0 unspecified atom stereocenters. The first-order valence-electron chi connectivity index (χ1n) is 10.2. The third-order valence-corrected chi connectivity index (χ3v) is 4.93. The maximum atomic E-state index is 12.8. The second-order valence-corrected chi connectivity index (χ2v) is 7.19. The summed E-state index contributed by atoms with van der Waals surface area (Å²) < 4.78 is 10.4. The molecule has 1 fully saturated rings. The fraction of sp³-hybridized carbons (Fsp3) is 0.391. The van der Waals surface area contributed by atoms with Gasteiger partial charge in [-0.25, -0.2) is 0 Å². The molecule has 0 spiro atoms. The predicted octanol–water partition coefficient (Wildman–Crippen LogP) is 2.54. The number of para-hydroxylation sites is 1. The molecule has 1 aliphatic rings. The van der Waals surface area contributed by atoms with E-state index in [-0.39, 0.29) is 11.8 Å². The molecule has 3 rings (SSSR count). The van der Waals surface area contributed by atoms with Crippen molar-refractivity contribution < 1.29 is 19.1 Å². The van der Waals surface area contributed by atoms with E-state index in [9.17, 15) is 9.59 Å². The Bertz CT molecular complexity index is 850. The van der Waals surface area contributed by atoms with Crippen molar-refractivity contribution in [3.63, 3.8) is 0 Å². The number of nitrogens with zero attached hydrogens (tertiary/aromatic N) is 1. The summed E-state index contributed by atoms with van der Waals surface area (Å²) in [5, 5.41) is 5.74. The van der Waals surface area contributed by atoms with Crippen LogP contribution in [0.25, 0.3) is 0 Å². The lowest BCUT2D eigenvalue weighted by molar-refractivity contribution is 0.0342. The van der Waals surface area contributed by atoms with Gasteiger partial charge in [-0.3, -0.25) is 14.5 Å². The van der Waals surface area contributed by atoms with Crippen LogP contribution in [-0.4, -0.2) is 63.3 Å². The van der Waals surface area contributed by atoms with E-state index < -0.39 is 0 Å². The topological polar surface area (TPSA) is 79.9 Å². The zero-order chi connectivity index (χ0) is 21.2. The lowest BCUT2D eigenvalue weighted by Crippen LogP contribution is -2.35. The molecule has 2 amide bonds. The molecule has 0 atom stereocenters. The Balaban J connectivity index is 1.64. The summed E-state index contributed by atoms with van der Waals surface area (Å²) in [5.41, 5.74) is 2.57. The van der Waals surface area contributed by atoms with Gasteiger partial charge in [0, 0.05) is 45.5 Å². The van der Waals surface area contributed by atoms with Crippen LogP contribution >= 0.6 is 0 Å². The van der Waals surface area contributed by atoms with E-state index in [0.717, 1.165) is 44.8 Å². The highest BCUT2D eigenvalue weighted by atomic mass is 16.5. The smallest absolute Gasteiger partial charge is 0.255 e. The molecule has 30 heavy (non-hydrogen) atoms. The summed E-state index contributed by atoms with van der Waals surface area (Å²) in [6.45, 7) is 5.14. The van der Waals surface area contributed by atoms with Gasteiger partial charge in [0.25, 0.3) is 11.8 Å². The number of carbonyl (C=O) groups excluding carboxylic acids is 2. The van der Waals surface area contributed by atoms with Crippen molar-refractivity contribution in [2.24, 2.45) is 0 Å². The molecule has 1 saturated heterocycles. The molecule has 160 valence electrons. The number of carbonyl (C=O) groups is 2. The second-order valence-electron chi connectivity index (χ2n) is 7.19. The molecule has 0 radical (unpaired) electrons. The lowest BCUT2D eigenvalue weighted by Gasteiger charge is -2.26. The fourth-order valence-corrected chi connectivity index (χ4v) is 3.33. The van der Waals surface area contributed by atoms with Crippen LogP contribution in [0.1, 0.15) is 32.7 Å². The van der Waals surface area contributed by atoms with Crippen LogP contribution in [0.4, 0.5) is 5.69 Å². The van der Waals surface area contributed by atoms with Crippen LogP contribution in [-0.2, 0) is 16.0 Å². The van der Waals surface area contributed by atoms with Crippen molar-refractivity contribution in [3.05, 3.63) is 65.2 Å². The first kappa shape index (κ1) is 22.0. The van der Waals surface area contributed by atoms with Crippen molar-refractivity contribution >= 4 is 17.5 Å². The molecule has 2 aromatic rings. The molecule has 2 aromatic carbocycles. The number of methoxy groups -OCH3 is 1. The second kappa shape index (κ2) is 11.4. The van der Waals surface area contributed by atoms with Gasteiger partial charge in [-0.05, 0) is 36.2 Å². The van der Waals surface area contributed by atoms with Crippen LogP contribution in [0, 0.1) is 0 Å². The van der Waals surface area contributed by atoms with Gasteiger partial charge in [0.15, 0.2) is 0 Å². The Morgan fingerprint density at radius 1 is 1.07 bits per heavy atom. The van der Waals surface area contributed by atoms with Crippen molar-refractivity contribution in [1.82, 2.24) is 10.2 Å². The third kappa shape index (κ3) is 6.38. The van der Waals surface area contributed by atoms with Gasteiger partial charge in [0.2, 0.25) is 0 Å². The number of morpholine rings is 1. The number of hydrogen-bond donors (Lipinski definition) is 2. The van der Waals surface area contributed by atoms with Crippen molar-refractivity contribution in [2.75, 3.05) is 51.9 Å². The first-order valence-corrected chi connectivity index (χ1v) is 10.2. The van der Waals surface area contributed by atoms with Crippen LogP contribution in [0.5, 0.6) is 0 Å². The Labute approximate surface area is 177 Å². The van der Waals surface area contributed by atoms with Gasteiger partial charge in [-0.1, -0.05) is 24.3 Å². The number of hydrogen-bond acceptors (Lipinski definition) is 5. The standard InChI is InChI=1S/C23H29N3O4/c1-29-13-5-10-24-23(28)20-8-2-3-9-21(20)25-22(27)19-7-4-6-18(16-19)17-26-11-14-30-15-12-26/h2-4,6-9,16H,5,10-15,17H2,1H3,(H,24,28)(H,25,27). The van der Waals surface area contributed by atoms with Crippen molar-refractivity contribution in [3.8, 4) is 0 Å². The first-order chi connectivity index (χ1) is 14.7. The van der Waals surface area contributed by atoms with Gasteiger partial charge in [0.05, 0.1) is 24.5 Å². The minimum atomic E-state index is -0.238. The van der Waals surface area contributed by atoms with E-state index in [2.05, 4.69) is 15.5 Å². The maximum absolute atomic E-state index is 12.8. The monoisotopic (exact) mass is 411 g/mol. The van der Waals surface area contributed by atoms with Crippen LogP contribution in [0.3, 0.4) is 0 Å². The lowest BCUT2D eigenvalue weighted by atomic mass is 10.1. The van der Waals surface area contributed by atoms with E-state index >= 15 is 0 Å². The number of benzene rings is 2. The molecule has 0 bridgehead atoms. The quantitative estimate of drug-likeness (QED) is 0.620. The van der Waals surface area contributed by atoms with Gasteiger partial charge < -0.3 is 20.1 Å². The normalized spacial score (nSPS) is 14.3. The maximum Gasteiger partial charge on any atom is 0.255 e. The SMILES string of the molecule is COCCCNC(=O)c1ccccc1NC(=O)c1cccc(CN2CCOCC2)c1. The zero-order valence-corrected chi connectivity index (χ0v) is 17.4. The summed E-state index contributed by atoms with van der Waals surface area (Å²) in [6, 6.07) is 14.6. The molecule has 2 N–H and O–H groups in total. The van der Waals surface area contributed by atoms with E-state index in [1.165, 1.54) is 0 Å². The molecular weight excluding hydrogens is 382 g/mol. The number of nitrogens with one attached hydrogen (secondary N) is 2. The number of rotatable bonds is 9. The average Bonchev–Trinajstić information content (AvgIpc) is 2.78. The summed E-state index contributed by atoms with van der Waals surface area (Å²) in [5.74, 6) is -0.457. The van der Waals surface area contributed by atoms with E-state index in [1.54, 1.807) is 37.4 Å². The van der Waals surface area contributed by atoms with Crippen LogP contribution < -0.4 is 10.6 Å². The summed E-state index contributed by atoms with van der Waals surface area (Å²) in [7, 11) is 1.63. The van der Waals surface area contributed by atoms with Crippen LogP contribution in [0.15, 0.2) is 48.5 Å². The molecule has 1 heterocycles. The average molecular weight is 412 g/mol. The number of ether oxygens (including phenoxy) is 2. The summed E-state index contributed by atoms with van der Waals surface area (Å²) in [6.07, 6.45) is 0.729. The van der Waals surface area contributed by atoms with Gasteiger partial charge >= 0.3 is 0 Å². The molecule has 0 saturated carbocycles. The van der Waals surface area contributed by atoms with Gasteiger partial charge in [0.1, 0.15) is 0 Å².